The Balaban J connectivity index is 2.97. The number of esters is 1. The van der Waals surface area contributed by atoms with Crippen molar-refractivity contribution in [3.63, 3.8) is 0 Å². The summed E-state index contributed by atoms with van der Waals surface area (Å²) in [7, 11) is -2.74. The summed E-state index contributed by atoms with van der Waals surface area (Å²) in [6.45, 7) is 6.59. The molecule has 9 heteroatoms. The van der Waals surface area contributed by atoms with Gasteiger partial charge in [0, 0.05) is 0 Å². The molecule has 0 bridgehead atoms. The molecule has 26 heavy (non-hydrogen) atoms. The lowest BCUT2D eigenvalue weighted by atomic mass is 10.2. The molecule has 0 aliphatic heterocycles. The maximum atomic E-state index is 12.5. The summed E-state index contributed by atoms with van der Waals surface area (Å²) in [5, 5.41) is 2.42. The number of methoxy groups -OCH3 is 1. The molecule has 0 aromatic heterocycles. The van der Waals surface area contributed by atoms with Crippen LogP contribution in [0.1, 0.15) is 27.7 Å². The molecule has 0 aliphatic carbocycles. The van der Waals surface area contributed by atoms with Crippen LogP contribution in [-0.4, -0.2) is 51.7 Å². The van der Waals surface area contributed by atoms with E-state index in [0.717, 1.165) is 0 Å². The quantitative estimate of drug-likeness (QED) is 0.640. The van der Waals surface area contributed by atoms with Crippen molar-refractivity contribution in [2.45, 2.75) is 50.3 Å². The molecule has 0 spiro atoms. The second-order valence-corrected chi connectivity index (χ2v) is 8.38. The van der Waals surface area contributed by atoms with E-state index >= 15 is 0 Å². The van der Waals surface area contributed by atoms with Crippen LogP contribution in [0.25, 0.3) is 0 Å². The van der Waals surface area contributed by atoms with Gasteiger partial charge in [0.15, 0.2) is 0 Å². The molecule has 8 nitrogen and oxygen atoms in total. The average Bonchev–Trinajstić information content (AvgIpc) is 2.57. The lowest BCUT2D eigenvalue weighted by Gasteiger charge is -2.25. The minimum Gasteiger partial charge on any atom is -0.467 e. The van der Waals surface area contributed by atoms with Crippen molar-refractivity contribution in [1.29, 1.82) is 0 Å². The molecule has 1 rings (SSSR count). The Hall–Kier alpha value is -1.97. The van der Waals surface area contributed by atoms with Gasteiger partial charge >= 0.3 is 5.97 Å². The van der Waals surface area contributed by atoms with Crippen LogP contribution in [0.4, 0.5) is 0 Å². The van der Waals surface area contributed by atoms with E-state index in [2.05, 4.69) is 14.8 Å². The lowest BCUT2D eigenvalue weighted by molar-refractivity contribution is -0.145. The summed E-state index contributed by atoms with van der Waals surface area (Å²) in [6, 6.07) is 5.53. The second kappa shape index (κ2) is 9.11. The fraction of sp³-hybridized carbons (Fsp3) is 0.529. The third-order valence-electron chi connectivity index (χ3n) is 3.26. The zero-order valence-corrected chi connectivity index (χ0v) is 16.4. The van der Waals surface area contributed by atoms with Crippen LogP contribution < -0.4 is 10.0 Å². The molecule has 146 valence electrons. The predicted molar refractivity (Wildman–Crippen MR) is 95.9 cm³/mol. The van der Waals surface area contributed by atoms with Gasteiger partial charge in [0.2, 0.25) is 15.9 Å². The normalized spacial score (nSPS) is 14.3. The first kappa shape index (κ1) is 22.1. The SMILES string of the molecule is COC(=O)C(C)NC(=O)C(COC(C)(C)C)NS(=O)(=O)c1ccccc1. The zero-order valence-electron chi connectivity index (χ0n) is 15.6. The number of benzene rings is 1. The summed E-state index contributed by atoms with van der Waals surface area (Å²) in [6.07, 6.45) is 0. The van der Waals surface area contributed by atoms with Crippen molar-refractivity contribution in [1.82, 2.24) is 10.0 Å². The van der Waals surface area contributed by atoms with Gasteiger partial charge in [-0.25, -0.2) is 13.2 Å². The smallest absolute Gasteiger partial charge is 0.328 e. The maximum Gasteiger partial charge on any atom is 0.328 e. The number of hydrogen-bond donors (Lipinski definition) is 2. The Morgan fingerprint density at radius 1 is 1.15 bits per heavy atom. The number of carbonyl (C=O) groups excluding carboxylic acids is 2. The first-order valence-electron chi connectivity index (χ1n) is 8.06. The Morgan fingerprint density at radius 2 is 1.73 bits per heavy atom. The molecule has 2 N–H and O–H groups in total. The fourth-order valence-electron chi connectivity index (χ4n) is 1.90. The van der Waals surface area contributed by atoms with Crippen molar-refractivity contribution < 1.29 is 27.5 Å². The second-order valence-electron chi connectivity index (χ2n) is 6.66. The van der Waals surface area contributed by atoms with E-state index in [1.807, 2.05) is 0 Å². The van der Waals surface area contributed by atoms with Gasteiger partial charge in [0.1, 0.15) is 12.1 Å². The highest BCUT2D eigenvalue weighted by Crippen LogP contribution is 2.11. The Bertz CT molecular complexity index is 713. The van der Waals surface area contributed by atoms with E-state index in [1.165, 1.54) is 26.2 Å². The molecule has 0 heterocycles. The summed E-state index contributed by atoms with van der Waals surface area (Å²) in [5.74, 6) is -1.33. The van der Waals surface area contributed by atoms with Gasteiger partial charge in [0.05, 0.1) is 24.2 Å². The highest BCUT2D eigenvalue weighted by atomic mass is 32.2. The molecular weight excluding hydrogens is 360 g/mol. The largest absolute Gasteiger partial charge is 0.467 e. The van der Waals surface area contributed by atoms with Crippen molar-refractivity contribution in [3.05, 3.63) is 30.3 Å². The molecule has 1 aromatic rings. The van der Waals surface area contributed by atoms with Crippen LogP contribution in [-0.2, 0) is 29.1 Å². The summed E-state index contributed by atoms with van der Waals surface area (Å²) >= 11 is 0. The predicted octanol–water partition coefficient (Wildman–Crippen LogP) is 0.826. The number of sulfonamides is 1. The average molecular weight is 386 g/mol. The van der Waals surface area contributed by atoms with Gasteiger partial charge in [-0.15, -0.1) is 0 Å². The lowest BCUT2D eigenvalue weighted by Crippen LogP contribution is -2.53. The van der Waals surface area contributed by atoms with Crippen molar-refractivity contribution >= 4 is 21.9 Å². The van der Waals surface area contributed by atoms with Gasteiger partial charge in [0.25, 0.3) is 0 Å². The molecular formula is C17H26N2O6S. The third kappa shape index (κ3) is 7.11. The van der Waals surface area contributed by atoms with Gasteiger partial charge in [-0.3, -0.25) is 4.79 Å². The van der Waals surface area contributed by atoms with Crippen LogP contribution >= 0.6 is 0 Å². The van der Waals surface area contributed by atoms with Crippen LogP contribution in [0.5, 0.6) is 0 Å². The van der Waals surface area contributed by atoms with Crippen molar-refractivity contribution in [3.8, 4) is 0 Å². The Morgan fingerprint density at radius 3 is 2.23 bits per heavy atom. The van der Waals surface area contributed by atoms with Gasteiger partial charge in [-0.2, -0.15) is 4.72 Å². The van der Waals surface area contributed by atoms with Crippen LogP contribution in [0.2, 0.25) is 0 Å². The van der Waals surface area contributed by atoms with Crippen LogP contribution in [0.15, 0.2) is 35.2 Å². The van der Waals surface area contributed by atoms with E-state index in [4.69, 9.17) is 4.74 Å². The first-order chi connectivity index (χ1) is 12.0. The Kier molecular flexibility index (Phi) is 7.73. The first-order valence-corrected chi connectivity index (χ1v) is 9.54. The Labute approximate surface area is 154 Å². The van der Waals surface area contributed by atoms with Crippen LogP contribution in [0, 0.1) is 0 Å². The van der Waals surface area contributed by atoms with E-state index in [1.54, 1.807) is 39.0 Å². The van der Waals surface area contributed by atoms with Gasteiger partial charge in [-0.1, -0.05) is 18.2 Å². The molecule has 1 aromatic carbocycles. The molecule has 0 saturated carbocycles. The van der Waals surface area contributed by atoms with E-state index in [9.17, 15) is 18.0 Å². The maximum absolute atomic E-state index is 12.5. The third-order valence-corrected chi connectivity index (χ3v) is 4.75. The fourth-order valence-corrected chi connectivity index (χ4v) is 3.10. The zero-order chi connectivity index (χ0) is 20.0. The highest BCUT2D eigenvalue weighted by Gasteiger charge is 2.29. The monoisotopic (exact) mass is 386 g/mol. The number of nitrogens with one attached hydrogen (secondary N) is 2. The number of carbonyl (C=O) groups is 2. The molecule has 0 aliphatic rings. The van der Waals surface area contributed by atoms with Gasteiger partial charge < -0.3 is 14.8 Å². The topological polar surface area (TPSA) is 111 Å². The summed E-state index contributed by atoms with van der Waals surface area (Å²) < 4.78 is 37.5. The molecule has 2 atom stereocenters. The minimum absolute atomic E-state index is 0.0228. The number of hydrogen-bond acceptors (Lipinski definition) is 6. The molecule has 2 unspecified atom stereocenters. The van der Waals surface area contributed by atoms with E-state index < -0.39 is 39.6 Å². The molecule has 0 fully saturated rings. The molecule has 0 saturated heterocycles. The number of rotatable bonds is 8. The van der Waals surface area contributed by atoms with Crippen LogP contribution in [0.3, 0.4) is 0 Å². The van der Waals surface area contributed by atoms with Gasteiger partial charge in [-0.05, 0) is 39.8 Å². The highest BCUT2D eigenvalue weighted by molar-refractivity contribution is 7.89. The van der Waals surface area contributed by atoms with E-state index in [0.29, 0.717) is 0 Å². The van der Waals surface area contributed by atoms with Crippen molar-refractivity contribution in [2.75, 3.05) is 13.7 Å². The molecule has 0 radical (unpaired) electrons. The summed E-state index contributed by atoms with van der Waals surface area (Å²) in [4.78, 5) is 24.0. The standard InChI is InChI=1S/C17H26N2O6S/c1-12(16(21)24-5)18-15(20)14(11-25-17(2,3)4)19-26(22,23)13-9-7-6-8-10-13/h6-10,12,14,19H,11H2,1-5H3,(H,18,20). The van der Waals surface area contributed by atoms with Crippen molar-refractivity contribution in [2.24, 2.45) is 0 Å². The minimum atomic E-state index is -3.94. The van der Waals surface area contributed by atoms with E-state index in [-0.39, 0.29) is 11.5 Å². The number of amides is 1. The summed E-state index contributed by atoms with van der Waals surface area (Å²) in [5.41, 5.74) is -0.579. The molecule has 1 amide bonds. The number of ether oxygens (including phenoxy) is 2.